The Kier molecular flexibility index (Phi) is 5.11. The van der Waals surface area contributed by atoms with E-state index in [1.165, 1.54) is 6.07 Å². The molecule has 1 aromatic rings. The van der Waals surface area contributed by atoms with Crippen LogP contribution >= 0.6 is 27.5 Å². The summed E-state index contributed by atoms with van der Waals surface area (Å²) in [4.78, 5) is 23.2. The van der Waals surface area contributed by atoms with Gasteiger partial charge in [0.2, 0.25) is 0 Å². The molecule has 0 saturated heterocycles. The normalized spacial score (nSPS) is 12.0. The lowest BCUT2D eigenvalue weighted by molar-refractivity contribution is -0.143. The minimum Gasteiger partial charge on any atom is -0.464 e. The van der Waals surface area contributed by atoms with Crippen molar-refractivity contribution in [3.63, 3.8) is 0 Å². The van der Waals surface area contributed by atoms with Crippen molar-refractivity contribution >= 4 is 39.3 Å². The third kappa shape index (κ3) is 3.52. The molecule has 0 aromatic heterocycles. The summed E-state index contributed by atoms with van der Waals surface area (Å²) in [6.07, 6.45) is 0. The highest BCUT2D eigenvalue weighted by atomic mass is 79.9. The smallest absolute Gasteiger partial charge is 0.331 e. The molecule has 1 unspecified atom stereocenters. The van der Waals surface area contributed by atoms with Crippen molar-refractivity contribution in [2.24, 2.45) is 5.73 Å². The summed E-state index contributed by atoms with van der Waals surface area (Å²) in [5, 5.41) is 0.248. The van der Waals surface area contributed by atoms with Gasteiger partial charge >= 0.3 is 5.97 Å². The molecule has 2 N–H and O–H groups in total. The van der Waals surface area contributed by atoms with E-state index in [1.807, 2.05) is 0 Å². The van der Waals surface area contributed by atoms with E-state index in [4.69, 9.17) is 17.3 Å². The molecule has 0 aliphatic heterocycles. The summed E-state index contributed by atoms with van der Waals surface area (Å²) >= 11 is 9.08. The number of carbonyl (C=O) groups is 2. The SMILES string of the molecule is CCOC(=O)C(N)C(=O)c1cc(Br)ccc1Cl. The maximum Gasteiger partial charge on any atom is 0.331 e. The molecular formula is C11H11BrClNO3. The quantitative estimate of drug-likeness (QED) is 0.524. The predicted octanol–water partition coefficient (Wildman–Crippen LogP) is 2.18. The number of carbonyl (C=O) groups excluding carboxylic acids is 2. The van der Waals surface area contributed by atoms with Gasteiger partial charge in [0.15, 0.2) is 11.8 Å². The maximum atomic E-state index is 11.9. The van der Waals surface area contributed by atoms with Crippen LogP contribution in [0.4, 0.5) is 0 Å². The Hall–Kier alpha value is -0.910. The molecule has 92 valence electrons. The van der Waals surface area contributed by atoms with Crippen molar-refractivity contribution in [3.8, 4) is 0 Å². The van der Waals surface area contributed by atoms with Gasteiger partial charge in [-0.3, -0.25) is 4.79 Å². The number of esters is 1. The monoisotopic (exact) mass is 319 g/mol. The van der Waals surface area contributed by atoms with Gasteiger partial charge in [0.05, 0.1) is 11.6 Å². The highest BCUT2D eigenvalue weighted by Crippen LogP contribution is 2.22. The summed E-state index contributed by atoms with van der Waals surface area (Å²) in [7, 11) is 0. The van der Waals surface area contributed by atoms with Gasteiger partial charge in [-0.15, -0.1) is 0 Å². The third-order valence-electron chi connectivity index (χ3n) is 2.02. The molecule has 0 amide bonds. The van der Waals surface area contributed by atoms with Gasteiger partial charge < -0.3 is 10.5 Å². The standard InChI is InChI=1S/C11H11BrClNO3/c1-2-17-11(16)9(14)10(15)7-5-6(12)3-4-8(7)13/h3-5,9H,2,14H2,1H3. The number of hydrogen-bond acceptors (Lipinski definition) is 4. The van der Waals surface area contributed by atoms with Crippen molar-refractivity contribution in [2.75, 3.05) is 6.61 Å². The maximum absolute atomic E-state index is 11.9. The second-order valence-electron chi connectivity index (χ2n) is 3.22. The Balaban J connectivity index is 2.96. The Bertz CT molecular complexity index is 450. The number of hydrogen-bond donors (Lipinski definition) is 1. The van der Waals surface area contributed by atoms with Gasteiger partial charge in [-0.1, -0.05) is 27.5 Å². The first-order chi connectivity index (χ1) is 7.97. The number of halogens is 2. The van der Waals surface area contributed by atoms with E-state index in [1.54, 1.807) is 19.1 Å². The number of ketones is 1. The molecule has 0 spiro atoms. The molecule has 1 aromatic carbocycles. The lowest BCUT2D eigenvalue weighted by Crippen LogP contribution is -2.40. The van der Waals surface area contributed by atoms with Crippen molar-refractivity contribution in [1.29, 1.82) is 0 Å². The fourth-order valence-corrected chi connectivity index (χ4v) is 1.76. The van der Waals surface area contributed by atoms with E-state index in [0.717, 1.165) is 0 Å². The zero-order valence-electron chi connectivity index (χ0n) is 9.07. The van der Waals surface area contributed by atoms with Gasteiger partial charge in [-0.25, -0.2) is 4.79 Å². The molecule has 0 saturated carbocycles. The van der Waals surface area contributed by atoms with Crippen LogP contribution in [-0.4, -0.2) is 24.4 Å². The van der Waals surface area contributed by atoms with E-state index in [0.29, 0.717) is 4.47 Å². The van der Waals surface area contributed by atoms with Gasteiger partial charge in [0.25, 0.3) is 0 Å². The minimum absolute atomic E-state index is 0.173. The lowest BCUT2D eigenvalue weighted by Gasteiger charge is -2.10. The van der Waals surface area contributed by atoms with Crippen molar-refractivity contribution in [2.45, 2.75) is 13.0 Å². The Morgan fingerprint density at radius 3 is 2.76 bits per heavy atom. The second kappa shape index (κ2) is 6.14. The average Bonchev–Trinajstić information content (AvgIpc) is 2.30. The summed E-state index contributed by atoms with van der Waals surface area (Å²) in [5.74, 6) is -1.32. The van der Waals surface area contributed by atoms with Gasteiger partial charge in [0, 0.05) is 10.0 Å². The second-order valence-corrected chi connectivity index (χ2v) is 4.54. The average molecular weight is 321 g/mol. The van der Waals surface area contributed by atoms with E-state index in [2.05, 4.69) is 20.7 Å². The summed E-state index contributed by atoms with van der Waals surface area (Å²) in [6, 6.07) is 3.41. The minimum atomic E-state index is -1.35. The lowest BCUT2D eigenvalue weighted by atomic mass is 10.1. The Morgan fingerprint density at radius 2 is 2.18 bits per heavy atom. The number of rotatable bonds is 4. The van der Waals surface area contributed by atoms with Gasteiger partial charge in [-0.05, 0) is 25.1 Å². The number of nitrogens with two attached hydrogens (primary N) is 1. The fourth-order valence-electron chi connectivity index (χ4n) is 1.19. The van der Waals surface area contributed by atoms with Crippen molar-refractivity contribution < 1.29 is 14.3 Å². The highest BCUT2D eigenvalue weighted by Gasteiger charge is 2.26. The molecule has 0 heterocycles. The van der Waals surface area contributed by atoms with Crippen LogP contribution in [0, 0.1) is 0 Å². The molecule has 6 heteroatoms. The van der Waals surface area contributed by atoms with Crippen LogP contribution < -0.4 is 5.73 Å². The largest absolute Gasteiger partial charge is 0.464 e. The number of benzene rings is 1. The van der Waals surface area contributed by atoms with Crippen LogP contribution in [0.1, 0.15) is 17.3 Å². The number of ether oxygens (including phenoxy) is 1. The van der Waals surface area contributed by atoms with Crippen LogP contribution in [0.3, 0.4) is 0 Å². The molecule has 0 aliphatic carbocycles. The number of Topliss-reactive ketones (excluding diaryl/α,β-unsaturated/α-hetero) is 1. The predicted molar refractivity (Wildman–Crippen MR) is 68.1 cm³/mol. The van der Waals surface area contributed by atoms with E-state index in [9.17, 15) is 9.59 Å². The van der Waals surface area contributed by atoms with Crippen LogP contribution in [0.25, 0.3) is 0 Å². The summed E-state index contributed by atoms with van der Waals surface area (Å²) in [6.45, 7) is 1.81. The topological polar surface area (TPSA) is 69.4 Å². The van der Waals surface area contributed by atoms with Crippen LogP contribution in [0.5, 0.6) is 0 Å². The van der Waals surface area contributed by atoms with Crippen LogP contribution in [-0.2, 0) is 9.53 Å². The Labute approximate surface area is 112 Å². The van der Waals surface area contributed by atoms with E-state index >= 15 is 0 Å². The molecule has 0 radical (unpaired) electrons. The van der Waals surface area contributed by atoms with E-state index in [-0.39, 0.29) is 17.2 Å². The first kappa shape index (κ1) is 14.2. The first-order valence-electron chi connectivity index (χ1n) is 4.88. The first-order valence-corrected chi connectivity index (χ1v) is 6.06. The molecule has 0 fully saturated rings. The molecule has 17 heavy (non-hydrogen) atoms. The molecule has 0 bridgehead atoms. The van der Waals surface area contributed by atoms with Crippen LogP contribution in [0.2, 0.25) is 5.02 Å². The summed E-state index contributed by atoms with van der Waals surface area (Å²) in [5.41, 5.74) is 5.70. The summed E-state index contributed by atoms with van der Waals surface area (Å²) < 4.78 is 5.36. The molecule has 1 atom stereocenters. The molecule has 1 rings (SSSR count). The molecule has 0 aliphatic rings. The zero-order valence-corrected chi connectivity index (χ0v) is 11.4. The fraction of sp³-hybridized carbons (Fsp3) is 0.273. The zero-order chi connectivity index (χ0) is 13.0. The van der Waals surface area contributed by atoms with Gasteiger partial charge in [-0.2, -0.15) is 0 Å². The van der Waals surface area contributed by atoms with Crippen molar-refractivity contribution in [1.82, 2.24) is 0 Å². The van der Waals surface area contributed by atoms with E-state index < -0.39 is 17.8 Å². The molecule has 4 nitrogen and oxygen atoms in total. The third-order valence-corrected chi connectivity index (χ3v) is 2.84. The van der Waals surface area contributed by atoms with Crippen LogP contribution in [0.15, 0.2) is 22.7 Å². The molecular weight excluding hydrogens is 309 g/mol. The van der Waals surface area contributed by atoms with Crippen molar-refractivity contribution in [3.05, 3.63) is 33.3 Å². The Morgan fingerprint density at radius 1 is 1.53 bits per heavy atom. The highest BCUT2D eigenvalue weighted by molar-refractivity contribution is 9.10. The van der Waals surface area contributed by atoms with Gasteiger partial charge in [0.1, 0.15) is 0 Å².